The Morgan fingerprint density at radius 2 is 2.12 bits per heavy atom. The third-order valence-corrected chi connectivity index (χ3v) is 5.05. The fraction of sp³-hybridized carbons (Fsp3) is 0.579. The number of nitrogens with one attached hydrogen (secondary N) is 2. The molecule has 2 rings (SSSR count). The normalized spacial score (nSPS) is 12.5. The number of imidazole rings is 1. The van der Waals surface area contributed by atoms with Crippen LogP contribution >= 0.6 is 35.3 Å². The van der Waals surface area contributed by atoms with Crippen molar-refractivity contribution in [1.29, 1.82) is 0 Å². The molecule has 0 amide bonds. The maximum absolute atomic E-state index is 4.71. The van der Waals surface area contributed by atoms with Crippen LogP contribution in [-0.2, 0) is 13.0 Å². The average Bonchev–Trinajstić information content (AvgIpc) is 3.15. The molecule has 0 aliphatic heterocycles. The molecule has 0 fully saturated rings. The van der Waals surface area contributed by atoms with Crippen LogP contribution in [0.4, 0.5) is 0 Å². The van der Waals surface area contributed by atoms with Crippen molar-refractivity contribution in [2.75, 3.05) is 13.1 Å². The third-order valence-electron chi connectivity index (χ3n) is 4.03. The smallest absolute Gasteiger partial charge is 0.191 e. The minimum absolute atomic E-state index is 0. The Balaban J connectivity index is 0.00000338. The van der Waals surface area contributed by atoms with Gasteiger partial charge >= 0.3 is 0 Å². The lowest BCUT2D eigenvalue weighted by Crippen LogP contribution is -2.43. The molecule has 0 aromatic carbocycles. The van der Waals surface area contributed by atoms with Crippen LogP contribution in [-0.4, -0.2) is 34.6 Å². The Hall–Kier alpha value is -1.09. The summed E-state index contributed by atoms with van der Waals surface area (Å²) in [5.41, 5.74) is 0. The van der Waals surface area contributed by atoms with E-state index in [0.29, 0.717) is 6.04 Å². The summed E-state index contributed by atoms with van der Waals surface area (Å²) in [5, 5.41) is 6.86. The van der Waals surface area contributed by atoms with Gasteiger partial charge in [0.1, 0.15) is 5.82 Å². The van der Waals surface area contributed by atoms with Crippen molar-refractivity contribution >= 4 is 41.3 Å². The first-order valence-corrected chi connectivity index (χ1v) is 9.98. The molecule has 146 valence electrons. The van der Waals surface area contributed by atoms with Crippen molar-refractivity contribution in [3.8, 4) is 0 Å². The molecule has 1 atom stereocenters. The van der Waals surface area contributed by atoms with Gasteiger partial charge in [-0.05, 0) is 52.7 Å². The van der Waals surface area contributed by atoms with Gasteiger partial charge in [0.2, 0.25) is 0 Å². The fourth-order valence-electron chi connectivity index (χ4n) is 2.73. The van der Waals surface area contributed by atoms with E-state index >= 15 is 0 Å². The van der Waals surface area contributed by atoms with Gasteiger partial charge < -0.3 is 15.2 Å². The predicted molar refractivity (Wildman–Crippen MR) is 123 cm³/mol. The van der Waals surface area contributed by atoms with Crippen LogP contribution in [0, 0.1) is 13.8 Å². The van der Waals surface area contributed by atoms with E-state index in [-0.39, 0.29) is 24.0 Å². The van der Waals surface area contributed by atoms with Gasteiger partial charge in [-0.15, -0.1) is 35.3 Å². The van der Waals surface area contributed by atoms with Crippen molar-refractivity contribution < 1.29 is 0 Å². The fourth-order valence-corrected chi connectivity index (χ4v) is 3.74. The molecule has 0 spiro atoms. The monoisotopic (exact) mass is 489 g/mol. The summed E-state index contributed by atoms with van der Waals surface area (Å²) in [6.45, 7) is 11.2. The number of guanidine groups is 1. The van der Waals surface area contributed by atoms with Gasteiger partial charge in [0.05, 0.1) is 0 Å². The van der Waals surface area contributed by atoms with Crippen LogP contribution in [0.25, 0.3) is 0 Å². The molecular weight excluding hydrogens is 457 g/mol. The van der Waals surface area contributed by atoms with Crippen molar-refractivity contribution in [3.63, 3.8) is 0 Å². The minimum atomic E-state index is 0. The third kappa shape index (κ3) is 8.07. The molecule has 0 radical (unpaired) electrons. The lowest BCUT2D eigenvalue weighted by molar-refractivity contribution is 0.597. The number of hydrogen-bond donors (Lipinski definition) is 2. The highest BCUT2D eigenvalue weighted by atomic mass is 127. The highest BCUT2D eigenvalue weighted by molar-refractivity contribution is 14.0. The molecule has 2 aromatic heterocycles. The van der Waals surface area contributed by atoms with Crippen LogP contribution < -0.4 is 10.6 Å². The van der Waals surface area contributed by atoms with Gasteiger partial charge in [0, 0.05) is 54.2 Å². The SMILES string of the molecule is CCNC(=NCCCCn1ccnc1C)NC(C)Cc1ccc(C)s1.I. The Kier molecular flexibility index (Phi) is 10.9. The number of halogens is 1. The maximum Gasteiger partial charge on any atom is 0.191 e. The van der Waals surface area contributed by atoms with Crippen LogP contribution in [0.3, 0.4) is 0 Å². The van der Waals surface area contributed by atoms with E-state index in [1.165, 1.54) is 9.75 Å². The van der Waals surface area contributed by atoms with Gasteiger partial charge in [0.25, 0.3) is 0 Å². The first kappa shape index (κ1) is 23.0. The average molecular weight is 489 g/mol. The zero-order valence-corrected chi connectivity index (χ0v) is 19.4. The molecule has 7 heteroatoms. The van der Waals surface area contributed by atoms with E-state index in [1.807, 2.05) is 30.7 Å². The Labute approximate surface area is 178 Å². The van der Waals surface area contributed by atoms with Crippen LogP contribution in [0.2, 0.25) is 0 Å². The first-order valence-electron chi connectivity index (χ1n) is 9.16. The zero-order chi connectivity index (χ0) is 18.1. The molecule has 5 nitrogen and oxygen atoms in total. The molecule has 26 heavy (non-hydrogen) atoms. The molecule has 0 bridgehead atoms. The Bertz CT molecular complexity index is 664. The van der Waals surface area contributed by atoms with Crippen LogP contribution in [0.1, 0.15) is 42.3 Å². The van der Waals surface area contributed by atoms with Crippen molar-refractivity contribution in [3.05, 3.63) is 40.1 Å². The van der Waals surface area contributed by atoms with Gasteiger partial charge in [-0.3, -0.25) is 4.99 Å². The molecule has 2 heterocycles. The highest BCUT2D eigenvalue weighted by Gasteiger charge is 2.07. The number of thiophene rings is 1. The van der Waals surface area contributed by atoms with E-state index in [1.54, 1.807) is 0 Å². The van der Waals surface area contributed by atoms with Crippen molar-refractivity contribution in [2.45, 2.75) is 59.5 Å². The van der Waals surface area contributed by atoms with E-state index in [0.717, 1.165) is 50.7 Å². The highest BCUT2D eigenvalue weighted by Crippen LogP contribution is 2.16. The summed E-state index contributed by atoms with van der Waals surface area (Å²) < 4.78 is 2.19. The number of rotatable bonds is 9. The summed E-state index contributed by atoms with van der Waals surface area (Å²) in [6.07, 6.45) is 7.12. The second-order valence-electron chi connectivity index (χ2n) is 6.40. The molecule has 0 aliphatic carbocycles. The summed E-state index contributed by atoms with van der Waals surface area (Å²) in [6, 6.07) is 4.78. The van der Waals surface area contributed by atoms with Crippen LogP contribution in [0.15, 0.2) is 29.5 Å². The quantitative estimate of drug-likeness (QED) is 0.241. The van der Waals surface area contributed by atoms with E-state index < -0.39 is 0 Å². The van der Waals surface area contributed by atoms with Gasteiger partial charge in [0.15, 0.2) is 5.96 Å². The lowest BCUT2D eigenvalue weighted by atomic mass is 10.2. The summed E-state index contributed by atoms with van der Waals surface area (Å²) in [7, 11) is 0. The lowest BCUT2D eigenvalue weighted by Gasteiger charge is -2.17. The summed E-state index contributed by atoms with van der Waals surface area (Å²) in [5.74, 6) is 2.00. The predicted octanol–water partition coefficient (Wildman–Crippen LogP) is 4.15. The van der Waals surface area contributed by atoms with Crippen LogP contribution in [0.5, 0.6) is 0 Å². The standard InChI is InChI=1S/C19H31N5S.HI/c1-5-20-19(23-15(2)14-18-9-8-16(3)25-18)22-10-6-7-12-24-13-11-21-17(24)4;/h8-9,11,13,15H,5-7,10,12,14H2,1-4H3,(H2,20,22,23);1H. The molecule has 0 aliphatic rings. The van der Waals surface area contributed by atoms with E-state index in [9.17, 15) is 0 Å². The molecule has 1 unspecified atom stereocenters. The molecule has 0 saturated carbocycles. The molecule has 2 N–H and O–H groups in total. The molecule has 2 aromatic rings. The summed E-state index contributed by atoms with van der Waals surface area (Å²) >= 11 is 1.87. The number of aryl methyl sites for hydroxylation is 3. The first-order chi connectivity index (χ1) is 12.1. The Morgan fingerprint density at radius 3 is 2.73 bits per heavy atom. The van der Waals surface area contributed by atoms with E-state index in [4.69, 9.17) is 4.99 Å². The van der Waals surface area contributed by atoms with Gasteiger partial charge in [-0.25, -0.2) is 4.98 Å². The van der Waals surface area contributed by atoms with Crippen molar-refractivity contribution in [1.82, 2.24) is 20.2 Å². The Morgan fingerprint density at radius 1 is 1.31 bits per heavy atom. The molecular formula is C19H32IN5S. The number of aromatic nitrogens is 2. The topological polar surface area (TPSA) is 54.2 Å². The van der Waals surface area contributed by atoms with Gasteiger partial charge in [-0.2, -0.15) is 0 Å². The minimum Gasteiger partial charge on any atom is -0.357 e. The number of hydrogen-bond acceptors (Lipinski definition) is 3. The van der Waals surface area contributed by atoms with Crippen molar-refractivity contribution in [2.24, 2.45) is 4.99 Å². The second kappa shape index (κ2) is 12.3. The summed E-state index contributed by atoms with van der Waals surface area (Å²) in [4.78, 5) is 11.8. The van der Waals surface area contributed by atoms with Gasteiger partial charge in [-0.1, -0.05) is 0 Å². The second-order valence-corrected chi connectivity index (χ2v) is 7.77. The number of nitrogens with zero attached hydrogens (tertiary/aromatic N) is 3. The molecule has 0 saturated heterocycles. The number of unbranched alkanes of at least 4 members (excludes halogenated alkanes) is 1. The van der Waals surface area contributed by atoms with E-state index in [2.05, 4.69) is 53.1 Å². The maximum atomic E-state index is 4.71. The largest absolute Gasteiger partial charge is 0.357 e. The zero-order valence-electron chi connectivity index (χ0n) is 16.3. The number of aliphatic imine (C=N–C) groups is 1.